The Kier molecular flexibility index (Phi) is 1.05. The zero-order chi connectivity index (χ0) is 12.1. The van der Waals surface area contributed by atoms with Crippen molar-refractivity contribution in [3.8, 4) is 0 Å². The van der Waals surface area contributed by atoms with Gasteiger partial charge in [-0.15, -0.1) is 0 Å². The van der Waals surface area contributed by atoms with E-state index in [9.17, 15) is 0 Å². The van der Waals surface area contributed by atoms with E-state index in [1.54, 1.807) is 25.7 Å². The molecule has 0 radical (unpaired) electrons. The average molecular weight is 264 g/mol. The van der Waals surface area contributed by atoms with Gasteiger partial charge >= 0.3 is 0 Å². The summed E-state index contributed by atoms with van der Waals surface area (Å²) in [5, 5.41) is 0. The molecule has 0 aromatic rings. The molecule has 9 rings (SSSR count). The lowest BCUT2D eigenvalue weighted by Crippen LogP contribution is -2.86. The second kappa shape index (κ2) is 2.28. The summed E-state index contributed by atoms with van der Waals surface area (Å²) in [6.07, 6.45) is 6.66. The minimum atomic E-state index is 1.25. The Morgan fingerprint density at radius 3 is 1.15 bits per heavy atom. The van der Waals surface area contributed by atoms with Crippen LogP contribution in [0.1, 0.15) is 25.7 Å². The third-order valence-electron chi connectivity index (χ3n) is 11.8. The van der Waals surface area contributed by atoms with Crippen LogP contribution in [-0.2, 0) is 0 Å². The summed E-state index contributed by atoms with van der Waals surface area (Å²) >= 11 is 0. The molecule has 0 aromatic heterocycles. The fourth-order valence-corrected chi connectivity index (χ4v) is 11.6. The molecule has 20 heavy (non-hydrogen) atoms. The highest BCUT2D eigenvalue weighted by Crippen LogP contribution is 2.92. The summed E-state index contributed by atoms with van der Waals surface area (Å²) < 4.78 is 0. The molecule has 0 nitrogen and oxygen atoms in total. The van der Waals surface area contributed by atoms with Crippen molar-refractivity contribution in [3.05, 3.63) is 0 Å². The van der Waals surface area contributed by atoms with Crippen LogP contribution < -0.4 is 0 Å². The van der Waals surface area contributed by atoms with Crippen LogP contribution in [0.4, 0.5) is 0 Å². The number of hydrogen-bond acceptors (Lipinski definition) is 0. The van der Waals surface area contributed by atoms with Gasteiger partial charge in [-0.05, 0) is 120 Å². The summed E-state index contributed by atoms with van der Waals surface area (Å²) in [6, 6.07) is 0. The first-order chi connectivity index (χ1) is 9.95. The number of hydrogen-bond donors (Lipinski definition) is 0. The monoisotopic (exact) mass is 264 g/mol. The van der Waals surface area contributed by atoms with Crippen LogP contribution in [0.15, 0.2) is 0 Å². The standard InChI is InChI=1S/C20H24/c1-2-7-6(1)11-12(7)16-15(11)19-17-13-8-3-5-4-9(10(5)8)14(13)18(17)20(16)19/h5-20H,1-4H2. The van der Waals surface area contributed by atoms with Crippen molar-refractivity contribution in [1.82, 2.24) is 0 Å². The summed E-state index contributed by atoms with van der Waals surface area (Å²) in [6.45, 7) is 0. The fraction of sp³-hybridized carbons (Fsp3) is 1.00. The molecule has 14 unspecified atom stereocenters. The molecule has 0 spiro atoms. The largest absolute Gasteiger partial charge is 0.0496 e. The van der Waals surface area contributed by atoms with E-state index in [4.69, 9.17) is 0 Å². The van der Waals surface area contributed by atoms with Gasteiger partial charge in [0.15, 0.2) is 0 Å². The van der Waals surface area contributed by atoms with Crippen molar-refractivity contribution in [2.75, 3.05) is 0 Å². The van der Waals surface area contributed by atoms with Gasteiger partial charge in [0.2, 0.25) is 0 Å². The predicted octanol–water partition coefficient (Wildman–Crippen LogP) is 3.53. The summed E-state index contributed by atoms with van der Waals surface area (Å²) in [5.74, 6) is 20.7. The minimum Gasteiger partial charge on any atom is -0.0496 e. The molecule has 0 heteroatoms. The van der Waals surface area contributed by atoms with Crippen molar-refractivity contribution < 1.29 is 0 Å². The lowest BCUT2D eigenvalue weighted by molar-refractivity contribution is -0.431. The third kappa shape index (κ3) is 0.553. The van der Waals surface area contributed by atoms with Crippen LogP contribution >= 0.6 is 0 Å². The highest BCUT2D eigenvalue weighted by Gasteiger charge is 2.88. The smallest absolute Gasteiger partial charge is 0.0312 e. The topological polar surface area (TPSA) is 0 Å². The van der Waals surface area contributed by atoms with E-state index in [1.165, 1.54) is 94.7 Å². The second-order valence-corrected chi connectivity index (χ2v) is 10.8. The Labute approximate surface area is 121 Å². The molecule has 0 amide bonds. The maximum atomic E-state index is 1.69. The van der Waals surface area contributed by atoms with Gasteiger partial charge in [-0.3, -0.25) is 0 Å². The first-order valence-corrected chi connectivity index (χ1v) is 9.95. The lowest BCUT2D eigenvalue weighted by atomic mass is 9.14. The van der Waals surface area contributed by atoms with Crippen LogP contribution in [0.25, 0.3) is 0 Å². The van der Waals surface area contributed by atoms with Gasteiger partial charge in [-0.1, -0.05) is 0 Å². The molecule has 0 N–H and O–H groups in total. The van der Waals surface area contributed by atoms with E-state index in [0.29, 0.717) is 0 Å². The van der Waals surface area contributed by atoms with Crippen molar-refractivity contribution in [2.24, 2.45) is 94.7 Å². The van der Waals surface area contributed by atoms with Gasteiger partial charge in [-0.25, -0.2) is 0 Å². The Balaban J connectivity index is 1.12. The molecule has 9 fully saturated rings. The summed E-state index contributed by atoms with van der Waals surface area (Å²) in [4.78, 5) is 0. The van der Waals surface area contributed by atoms with Gasteiger partial charge in [-0.2, -0.15) is 0 Å². The van der Waals surface area contributed by atoms with Crippen LogP contribution in [0.2, 0.25) is 0 Å². The van der Waals surface area contributed by atoms with Crippen molar-refractivity contribution in [3.63, 3.8) is 0 Å². The third-order valence-corrected chi connectivity index (χ3v) is 11.8. The maximum Gasteiger partial charge on any atom is -0.0312 e. The molecule has 0 aliphatic heterocycles. The molecular formula is C20H24. The van der Waals surface area contributed by atoms with Crippen molar-refractivity contribution in [1.29, 1.82) is 0 Å². The highest BCUT2D eigenvalue weighted by molar-refractivity contribution is 5.35. The number of rotatable bonds is 0. The Bertz CT molecular complexity index is 543. The van der Waals surface area contributed by atoms with E-state index >= 15 is 0 Å². The molecule has 0 aromatic carbocycles. The summed E-state index contributed by atoms with van der Waals surface area (Å²) in [5.41, 5.74) is 0. The van der Waals surface area contributed by atoms with E-state index in [1.807, 2.05) is 0 Å². The molecule has 9 aliphatic rings. The molecule has 104 valence electrons. The van der Waals surface area contributed by atoms with Crippen molar-refractivity contribution in [2.45, 2.75) is 25.7 Å². The van der Waals surface area contributed by atoms with Gasteiger partial charge in [0.25, 0.3) is 0 Å². The van der Waals surface area contributed by atoms with Gasteiger partial charge < -0.3 is 0 Å². The number of fused-ring (bicyclic) bond motifs is 18. The van der Waals surface area contributed by atoms with Gasteiger partial charge in [0, 0.05) is 0 Å². The normalized spacial score (nSPS) is 91.2. The summed E-state index contributed by atoms with van der Waals surface area (Å²) in [7, 11) is 0. The molecule has 0 bridgehead atoms. The Morgan fingerprint density at radius 2 is 0.750 bits per heavy atom. The molecule has 0 saturated heterocycles. The molecule has 0 heterocycles. The lowest BCUT2D eigenvalue weighted by Gasteiger charge is -2.90. The molecule has 9 aliphatic carbocycles. The fourth-order valence-electron chi connectivity index (χ4n) is 11.6. The van der Waals surface area contributed by atoms with E-state index < -0.39 is 0 Å². The zero-order valence-corrected chi connectivity index (χ0v) is 12.1. The zero-order valence-electron chi connectivity index (χ0n) is 12.1. The van der Waals surface area contributed by atoms with Crippen LogP contribution in [0.5, 0.6) is 0 Å². The van der Waals surface area contributed by atoms with Gasteiger partial charge in [0.05, 0.1) is 0 Å². The minimum absolute atomic E-state index is 1.25. The van der Waals surface area contributed by atoms with Crippen LogP contribution in [0.3, 0.4) is 0 Å². The second-order valence-electron chi connectivity index (χ2n) is 10.8. The van der Waals surface area contributed by atoms with E-state index in [0.717, 1.165) is 0 Å². The quantitative estimate of drug-likeness (QED) is 0.587. The van der Waals surface area contributed by atoms with E-state index in [2.05, 4.69) is 0 Å². The molecular weight excluding hydrogens is 240 g/mol. The molecule has 9 saturated carbocycles. The Hall–Kier alpha value is 0. The van der Waals surface area contributed by atoms with Crippen LogP contribution in [-0.4, -0.2) is 0 Å². The van der Waals surface area contributed by atoms with Crippen molar-refractivity contribution >= 4 is 0 Å². The van der Waals surface area contributed by atoms with Gasteiger partial charge in [0.1, 0.15) is 0 Å². The van der Waals surface area contributed by atoms with E-state index in [-0.39, 0.29) is 0 Å². The average Bonchev–Trinajstić information content (AvgIpc) is 2.47. The molecule has 14 atom stereocenters. The van der Waals surface area contributed by atoms with Crippen LogP contribution in [0, 0.1) is 94.7 Å². The highest BCUT2D eigenvalue weighted by atomic mass is 14.9. The first kappa shape index (κ1) is 9.21. The maximum absolute atomic E-state index is 1.69. The predicted molar refractivity (Wildman–Crippen MR) is 74.3 cm³/mol. The SMILES string of the molecule is C1CC2C1C1C2C2C1C1C3C4C5CC6CC(C65)C4C3C21. The Morgan fingerprint density at radius 1 is 0.350 bits per heavy atom. The first-order valence-electron chi connectivity index (χ1n) is 9.95.